The van der Waals surface area contributed by atoms with Gasteiger partial charge in [0.1, 0.15) is 23.7 Å². The monoisotopic (exact) mass is 1100 g/mol. The Kier molecular flexibility index (Phi) is 17.0. The number of hydrogen-bond donors (Lipinski definition) is 4. The maximum Gasteiger partial charge on any atom is 0.407 e. The van der Waals surface area contributed by atoms with Crippen LogP contribution >= 0.6 is 23.5 Å². The summed E-state index contributed by atoms with van der Waals surface area (Å²) in [7, 11) is 2.58. The highest BCUT2D eigenvalue weighted by Crippen LogP contribution is 2.45. The number of fused-ring (bicyclic) bond motifs is 2. The summed E-state index contributed by atoms with van der Waals surface area (Å²) in [4.78, 5) is 74.2. The molecule has 6 heterocycles. The third-order valence-corrected chi connectivity index (χ3v) is 16.6. The van der Waals surface area contributed by atoms with Crippen LogP contribution in [0.1, 0.15) is 80.0 Å². The molecular formula is C58H70N8O10S2. The second-order valence-electron chi connectivity index (χ2n) is 21.0. The lowest BCUT2D eigenvalue weighted by Crippen LogP contribution is -2.50. The van der Waals surface area contributed by atoms with E-state index in [4.69, 9.17) is 38.4 Å². The summed E-state index contributed by atoms with van der Waals surface area (Å²) in [5.41, 5.74) is 11.3. The molecule has 0 saturated carbocycles. The summed E-state index contributed by atoms with van der Waals surface area (Å²) in [6, 6.07) is 25.4. The van der Waals surface area contributed by atoms with Crippen LogP contribution in [-0.4, -0.2) is 155 Å². The minimum absolute atomic E-state index is 0.213. The molecule has 18 nitrogen and oxygen atoms in total. The van der Waals surface area contributed by atoms with Gasteiger partial charge in [-0.05, 0) is 125 Å². The molecule has 4 aliphatic rings. The summed E-state index contributed by atoms with van der Waals surface area (Å²) in [6.07, 6.45) is 6.79. The number of likely N-dealkylation sites (tertiary alicyclic amines) is 2. The van der Waals surface area contributed by atoms with E-state index in [-0.39, 0.29) is 24.9 Å². The Balaban J connectivity index is 0.893. The van der Waals surface area contributed by atoms with Gasteiger partial charge in [-0.2, -0.15) is 23.5 Å². The fourth-order valence-electron chi connectivity index (χ4n) is 11.5. The number of nitrogens with zero attached hydrogens (tertiary/aromatic N) is 4. The van der Waals surface area contributed by atoms with Crippen molar-refractivity contribution in [2.75, 3.05) is 77.8 Å². The van der Waals surface area contributed by atoms with E-state index in [2.05, 4.69) is 101 Å². The zero-order valence-corrected chi connectivity index (χ0v) is 46.8. The predicted octanol–water partition coefficient (Wildman–Crippen LogP) is 8.75. The maximum atomic E-state index is 14.4. The van der Waals surface area contributed by atoms with Crippen LogP contribution in [0.3, 0.4) is 0 Å². The highest BCUT2D eigenvalue weighted by molar-refractivity contribution is 7.98. The molecular weight excluding hydrogens is 1030 g/mol. The number of ether oxygens (including phenoxy) is 6. The molecule has 414 valence electrons. The van der Waals surface area contributed by atoms with Gasteiger partial charge in [-0.1, -0.05) is 68.4 Å². The van der Waals surface area contributed by atoms with E-state index in [1.54, 1.807) is 33.3 Å². The van der Waals surface area contributed by atoms with Crippen molar-refractivity contribution in [3.8, 4) is 22.3 Å². The van der Waals surface area contributed by atoms with Crippen molar-refractivity contribution in [2.24, 2.45) is 5.92 Å². The van der Waals surface area contributed by atoms with Crippen molar-refractivity contribution < 1.29 is 47.6 Å². The lowest BCUT2D eigenvalue weighted by molar-refractivity contribution is -0.153. The van der Waals surface area contributed by atoms with E-state index in [9.17, 15) is 19.2 Å². The molecule has 4 aliphatic heterocycles. The minimum atomic E-state index is -0.955. The Morgan fingerprint density at radius 2 is 1.15 bits per heavy atom. The third kappa shape index (κ3) is 11.9. The summed E-state index contributed by atoms with van der Waals surface area (Å²) < 4.78 is 34.4. The van der Waals surface area contributed by atoms with Crippen LogP contribution in [0.4, 0.5) is 9.59 Å². The van der Waals surface area contributed by atoms with Gasteiger partial charge < -0.3 is 58.8 Å². The van der Waals surface area contributed by atoms with Crippen LogP contribution in [0.5, 0.6) is 0 Å². The average Bonchev–Trinajstić information content (AvgIpc) is 4.54. The summed E-state index contributed by atoms with van der Waals surface area (Å²) in [6.45, 7) is 6.64. The first-order valence-corrected chi connectivity index (χ1v) is 29.6. The molecule has 78 heavy (non-hydrogen) atoms. The molecule has 0 unspecified atom stereocenters. The van der Waals surface area contributed by atoms with Crippen molar-refractivity contribution in [2.45, 2.75) is 94.5 Å². The number of nitrogens with one attached hydrogen (secondary N) is 4. The fraction of sp³-hybridized carbons (Fsp3) is 0.483. The largest absolute Gasteiger partial charge is 0.453 e. The number of H-pyrrole nitrogens is 2. The van der Waals surface area contributed by atoms with Crippen molar-refractivity contribution in [1.29, 1.82) is 0 Å². The van der Waals surface area contributed by atoms with E-state index in [0.717, 1.165) is 63.6 Å². The first kappa shape index (κ1) is 55.2. The molecule has 4 atom stereocenters. The minimum Gasteiger partial charge on any atom is -0.453 e. The standard InChI is InChI=1S/C58H70N8O10S2/c1-35(2)27-38-14-12-36(28-42(38)40-16-18-44-48(30-40)62-52(60-44)50-32-58(75-23-24-76-58)34-66(50)54(68)46(20-26-78-6)64-56(70)72-4)11-13-37-9-7-8-10-41(37)39-15-17-43-47(29-39)61-51(59-43)49-31-57(73-21-22-74-57)33-65(49)53(67)45(19-25-77-5)63-55(69)71-3/h7-10,12,14-18,28-30,35,45-46,49-50H,11,13,19-27,31-34H2,1-6H3,(H,59,61)(H,60,62)(H,63,69)(H,64,70)/t45-,46-,49-,50-/m0/s1. The number of thioether (sulfide) groups is 2. The molecule has 4 N–H and O–H groups in total. The number of imidazole rings is 2. The first-order chi connectivity index (χ1) is 37.8. The van der Waals surface area contributed by atoms with Gasteiger partial charge >= 0.3 is 12.2 Å². The van der Waals surface area contributed by atoms with Crippen LogP contribution in [0.15, 0.2) is 78.9 Å². The van der Waals surface area contributed by atoms with Gasteiger partial charge in [-0.25, -0.2) is 19.6 Å². The topological polar surface area (TPSA) is 212 Å². The molecule has 4 amide bonds. The van der Waals surface area contributed by atoms with Gasteiger partial charge in [-0.3, -0.25) is 9.59 Å². The number of rotatable bonds is 19. The second kappa shape index (κ2) is 24.1. The Bertz CT molecular complexity index is 3130. The lowest BCUT2D eigenvalue weighted by Gasteiger charge is -2.28. The average molecular weight is 1100 g/mol. The Morgan fingerprint density at radius 1 is 0.654 bits per heavy atom. The van der Waals surface area contributed by atoms with Crippen LogP contribution in [-0.2, 0) is 57.3 Å². The van der Waals surface area contributed by atoms with Crippen LogP contribution < -0.4 is 10.6 Å². The number of aromatic nitrogens is 4. The number of aromatic amines is 2. The molecule has 0 aliphatic carbocycles. The number of alkyl carbamates (subject to hydrolysis) is 2. The molecule has 0 radical (unpaired) electrons. The van der Waals surface area contributed by atoms with Crippen LogP contribution in [0.2, 0.25) is 0 Å². The Labute approximate surface area is 463 Å². The normalized spacial score (nSPS) is 19.4. The third-order valence-electron chi connectivity index (χ3n) is 15.3. The lowest BCUT2D eigenvalue weighted by atomic mass is 9.90. The highest BCUT2D eigenvalue weighted by Gasteiger charge is 2.54. The van der Waals surface area contributed by atoms with Crippen LogP contribution in [0, 0.1) is 5.92 Å². The van der Waals surface area contributed by atoms with Crippen molar-refractivity contribution in [3.63, 3.8) is 0 Å². The SMILES string of the molecule is COC(=O)N[C@@H](CCSC)C(=O)N1CC2(C[C@H]1c1nc3ccc(-c4ccccc4CCc4ccc(CC(C)C)c(-c5ccc6nc([C@@H]7CC8(CN7C(=O)[C@H](CCSC)NC(=O)OC)OCCO8)[nH]c6c5)c4)cc3[nH]1)OCCO2. The number of carbonyl (C=O) groups excluding carboxylic acids is 4. The van der Waals surface area contributed by atoms with Crippen molar-refractivity contribution >= 4 is 69.6 Å². The van der Waals surface area contributed by atoms with Gasteiger partial charge in [0.15, 0.2) is 11.6 Å². The van der Waals surface area contributed by atoms with E-state index in [1.165, 1.54) is 30.9 Å². The molecule has 6 aromatic rings. The predicted molar refractivity (Wildman–Crippen MR) is 301 cm³/mol. The Hall–Kier alpha value is -6.16. The molecule has 0 bridgehead atoms. The van der Waals surface area contributed by atoms with Gasteiger partial charge in [0.25, 0.3) is 0 Å². The number of aryl methyl sites for hydroxylation is 2. The summed E-state index contributed by atoms with van der Waals surface area (Å²) >= 11 is 3.20. The fourth-order valence-corrected chi connectivity index (χ4v) is 12.4. The van der Waals surface area contributed by atoms with Crippen molar-refractivity contribution in [1.82, 2.24) is 40.4 Å². The van der Waals surface area contributed by atoms with Gasteiger partial charge in [-0.15, -0.1) is 0 Å². The number of methoxy groups -OCH3 is 2. The second-order valence-corrected chi connectivity index (χ2v) is 23.0. The van der Waals surface area contributed by atoms with E-state index >= 15 is 0 Å². The maximum absolute atomic E-state index is 14.4. The quantitative estimate of drug-likeness (QED) is 0.0598. The highest BCUT2D eigenvalue weighted by atomic mass is 32.2. The van der Waals surface area contributed by atoms with Crippen LogP contribution in [0.25, 0.3) is 44.3 Å². The molecule has 2 spiro atoms. The number of amides is 4. The first-order valence-electron chi connectivity index (χ1n) is 26.8. The van der Waals surface area contributed by atoms with Crippen molar-refractivity contribution in [3.05, 3.63) is 107 Å². The number of hydrogen-bond acceptors (Lipinski definition) is 14. The summed E-state index contributed by atoms with van der Waals surface area (Å²) in [5.74, 6) is 0.646. The molecule has 2 aromatic heterocycles. The molecule has 10 rings (SSSR count). The van der Waals surface area contributed by atoms with Gasteiger partial charge in [0, 0.05) is 12.8 Å². The van der Waals surface area contributed by atoms with E-state index in [1.807, 2.05) is 24.6 Å². The zero-order chi connectivity index (χ0) is 54.6. The molecule has 4 fully saturated rings. The molecule has 4 aromatic carbocycles. The number of carbonyl (C=O) groups is 4. The molecule has 4 saturated heterocycles. The van der Waals surface area contributed by atoms with E-state index in [0.29, 0.717) is 81.2 Å². The molecule has 20 heteroatoms. The zero-order valence-electron chi connectivity index (χ0n) is 45.2. The smallest absolute Gasteiger partial charge is 0.407 e. The van der Waals surface area contributed by atoms with E-state index < -0.39 is 47.9 Å². The Morgan fingerprint density at radius 3 is 1.64 bits per heavy atom. The number of benzene rings is 4. The summed E-state index contributed by atoms with van der Waals surface area (Å²) in [5, 5.41) is 5.52. The van der Waals surface area contributed by atoms with Gasteiger partial charge in [0.05, 0.1) is 87.9 Å². The van der Waals surface area contributed by atoms with Gasteiger partial charge in [0.2, 0.25) is 11.8 Å².